The topological polar surface area (TPSA) is 50.2 Å². The molecular weight excluding hydrogens is 264 g/mol. The quantitative estimate of drug-likeness (QED) is 0.901. The summed E-state index contributed by atoms with van der Waals surface area (Å²) in [6.07, 6.45) is 3.53. The number of nitrogens with one attached hydrogen (secondary N) is 1. The Morgan fingerprint density at radius 2 is 2.05 bits per heavy atom. The summed E-state index contributed by atoms with van der Waals surface area (Å²) in [5.41, 5.74) is 2.49. The number of nitrogens with zero attached hydrogens (tertiary/aromatic N) is 3. The highest BCUT2D eigenvalue weighted by molar-refractivity contribution is 5.80. The molecule has 1 amide bonds. The van der Waals surface area contributed by atoms with Crippen LogP contribution in [-0.4, -0.2) is 46.8 Å². The Kier molecular flexibility index (Phi) is 3.78. The summed E-state index contributed by atoms with van der Waals surface area (Å²) in [4.78, 5) is 14.7. The lowest BCUT2D eigenvalue weighted by Crippen LogP contribution is -2.46. The van der Waals surface area contributed by atoms with E-state index in [-0.39, 0.29) is 11.9 Å². The molecule has 3 rings (SSSR count). The van der Waals surface area contributed by atoms with E-state index in [9.17, 15) is 4.79 Å². The average molecular weight is 290 g/mol. The monoisotopic (exact) mass is 290 g/mol. The van der Waals surface area contributed by atoms with Crippen LogP contribution in [0.5, 0.6) is 0 Å². The SMILES string of the molecule is Cc1cc(C)n(C(C)C(=O)N2CCC3(CCNC3)CC2)n1. The number of hydrogen-bond donors (Lipinski definition) is 1. The van der Waals surface area contributed by atoms with Crippen molar-refractivity contribution in [1.29, 1.82) is 0 Å². The number of rotatable bonds is 2. The summed E-state index contributed by atoms with van der Waals surface area (Å²) >= 11 is 0. The number of amides is 1. The Morgan fingerprint density at radius 3 is 2.57 bits per heavy atom. The van der Waals surface area contributed by atoms with Gasteiger partial charge in [0.25, 0.3) is 0 Å². The largest absolute Gasteiger partial charge is 0.341 e. The number of aromatic nitrogens is 2. The first-order chi connectivity index (χ1) is 10.0. The van der Waals surface area contributed by atoms with Gasteiger partial charge in [-0.25, -0.2) is 0 Å². The first-order valence-electron chi connectivity index (χ1n) is 8.03. The molecule has 0 saturated carbocycles. The van der Waals surface area contributed by atoms with Crippen LogP contribution in [0.3, 0.4) is 0 Å². The smallest absolute Gasteiger partial charge is 0.247 e. The van der Waals surface area contributed by atoms with E-state index < -0.39 is 0 Å². The summed E-state index contributed by atoms with van der Waals surface area (Å²) in [6.45, 7) is 9.99. The van der Waals surface area contributed by atoms with Gasteiger partial charge in [-0.2, -0.15) is 5.10 Å². The van der Waals surface area contributed by atoms with Gasteiger partial charge in [0.05, 0.1) is 5.69 Å². The lowest BCUT2D eigenvalue weighted by molar-refractivity contribution is -0.136. The van der Waals surface area contributed by atoms with E-state index in [1.54, 1.807) is 0 Å². The fraction of sp³-hybridized carbons (Fsp3) is 0.750. The fourth-order valence-corrected chi connectivity index (χ4v) is 3.83. The maximum absolute atomic E-state index is 12.7. The highest BCUT2D eigenvalue weighted by Gasteiger charge is 2.38. The van der Waals surface area contributed by atoms with Gasteiger partial charge in [-0.3, -0.25) is 9.48 Å². The zero-order chi connectivity index (χ0) is 15.0. The van der Waals surface area contributed by atoms with Crippen molar-refractivity contribution in [1.82, 2.24) is 20.0 Å². The predicted octanol–water partition coefficient (Wildman–Crippen LogP) is 1.66. The zero-order valence-corrected chi connectivity index (χ0v) is 13.4. The van der Waals surface area contributed by atoms with E-state index in [2.05, 4.69) is 10.4 Å². The average Bonchev–Trinajstić information content (AvgIpc) is 3.05. The van der Waals surface area contributed by atoms with Crippen molar-refractivity contribution >= 4 is 5.91 Å². The lowest BCUT2D eigenvalue weighted by atomic mass is 9.78. The standard InChI is InChI=1S/C16H26N4O/c1-12-10-13(2)20(18-12)14(3)15(21)19-8-5-16(6-9-19)4-7-17-11-16/h10,14,17H,4-9,11H2,1-3H3. The van der Waals surface area contributed by atoms with Gasteiger partial charge in [-0.15, -0.1) is 0 Å². The van der Waals surface area contributed by atoms with Crippen LogP contribution in [0.4, 0.5) is 0 Å². The van der Waals surface area contributed by atoms with Gasteiger partial charge in [-0.05, 0) is 58.1 Å². The summed E-state index contributed by atoms with van der Waals surface area (Å²) in [6, 6.07) is 1.83. The van der Waals surface area contributed by atoms with Crippen LogP contribution >= 0.6 is 0 Å². The molecule has 3 heterocycles. The van der Waals surface area contributed by atoms with Crippen molar-refractivity contribution in [2.75, 3.05) is 26.2 Å². The van der Waals surface area contributed by atoms with Crippen LogP contribution in [0.25, 0.3) is 0 Å². The van der Waals surface area contributed by atoms with Gasteiger partial charge >= 0.3 is 0 Å². The molecule has 0 radical (unpaired) electrons. The minimum Gasteiger partial charge on any atom is -0.341 e. The number of carbonyl (C=O) groups is 1. The molecule has 116 valence electrons. The zero-order valence-electron chi connectivity index (χ0n) is 13.4. The molecule has 21 heavy (non-hydrogen) atoms. The van der Waals surface area contributed by atoms with Gasteiger partial charge in [0.2, 0.25) is 5.91 Å². The molecule has 5 nitrogen and oxygen atoms in total. The van der Waals surface area contributed by atoms with E-state index in [1.807, 2.05) is 36.4 Å². The van der Waals surface area contributed by atoms with Crippen molar-refractivity contribution < 1.29 is 4.79 Å². The summed E-state index contributed by atoms with van der Waals surface area (Å²) in [7, 11) is 0. The Balaban J connectivity index is 1.65. The number of aryl methyl sites for hydroxylation is 2. The van der Waals surface area contributed by atoms with E-state index in [4.69, 9.17) is 0 Å². The van der Waals surface area contributed by atoms with Gasteiger partial charge < -0.3 is 10.2 Å². The second-order valence-electron chi connectivity index (χ2n) is 6.80. The number of piperidine rings is 1. The van der Waals surface area contributed by atoms with E-state index >= 15 is 0 Å². The molecule has 1 spiro atoms. The van der Waals surface area contributed by atoms with Crippen molar-refractivity contribution in [3.05, 3.63) is 17.5 Å². The minimum absolute atomic E-state index is 0.200. The van der Waals surface area contributed by atoms with Crippen LogP contribution in [0.2, 0.25) is 0 Å². The Morgan fingerprint density at radius 1 is 1.33 bits per heavy atom. The van der Waals surface area contributed by atoms with Crippen molar-refractivity contribution in [3.8, 4) is 0 Å². The number of likely N-dealkylation sites (tertiary alicyclic amines) is 1. The van der Waals surface area contributed by atoms with E-state index in [0.29, 0.717) is 5.41 Å². The third-order valence-electron chi connectivity index (χ3n) is 5.24. The Labute approximate surface area is 126 Å². The lowest BCUT2D eigenvalue weighted by Gasteiger charge is -2.39. The highest BCUT2D eigenvalue weighted by atomic mass is 16.2. The van der Waals surface area contributed by atoms with Gasteiger partial charge in [0, 0.05) is 25.3 Å². The fourth-order valence-electron chi connectivity index (χ4n) is 3.83. The summed E-state index contributed by atoms with van der Waals surface area (Å²) in [5, 5.41) is 7.92. The molecule has 1 aromatic rings. The van der Waals surface area contributed by atoms with Gasteiger partial charge in [0.1, 0.15) is 6.04 Å². The van der Waals surface area contributed by atoms with Gasteiger partial charge in [-0.1, -0.05) is 0 Å². The molecular formula is C16H26N4O. The first kappa shape index (κ1) is 14.6. The third kappa shape index (κ3) is 2.71. The molecule has 0 aliphatic carbocycles. The Bertz CT molecular complexity index is 520. The van der Waals surface area contributed by atoms with Crippen molar-refractivity contribution in [3.63, 3.8) is 0 Å². The maximum Gasteiger partial charge on any atom is 0.247 e. The number of carbonyl (C=O) groups excluding carboxylic acids is 1. The molecule has 2 fully saturated rings. The van der Waals surface area contributed by atoms with Crippen molar-refractivity contribution in [2.24, 2.45) is 5.41 Å². The normalized spacial score (nSPS) is 22.7. The molecule has 1 N–H and O–H groups in total. The van der Waals surface area contributed by atoms with Crippen LogP contribution in [0.1, 0.15) is 43.6 Å². The Hall–Kier alpha value is -1.36. The third-order valence-corrected chi connectivity index (χ3v) is 5.24. The highest BCUT2D eigenvalue weighted by Crippen LogP contribution is 2.37. The molecule has 5 heteroatoms. The molecule has 1 atom stereocenters. The second kappa shape index (κ2) is 5.44. The minimum atomic E-state index is -0.200. The molecule has 1 aromatic heterocycles. The number of hydrogen-bond acceptors (Lipinski definition) is 3. The molecule has 2 saturated heterocycles. The molecule has 0 aromatic carbocycles. The van der Waals surface area contributed by atoms with Crippen molar-refractivity contribution in [2.45, 2.75) is 46.1 Å². The second-order valence-corrected chi connectivity index (χ2v) is 6.80. The van der Waals surface area contributed by atoms with E-state index in [1.165, 1.54) is 6.42 Å². The summed E-state index contributed by atoms with van der Waals surface area (Å²) < 4.78 is 1.86. The van der Waals surface area contributed by atoms with Crippen LogP contribution in [0, 0.1) is 19.3 Å². The van der Waals surface area contributed by atoms with Crippen LogP contribution in [-0.2, 0) is 4.79 Å². The molecule has 2 aliphatic heterocycles. The maximum atomic E-state index is 12.7. The van der Waals surface area contributed by atoms with E-state index in [0.717, 1.165) is 50.4 Å². The van der Waals surface area contributed by atoms with Crippen LogP contribution < -0.4 is 5.32 Å². The predicted molar refractivity (Wildman–Crippen MR) is 82.1 cm³/mol. The molecule has 1 unspecified atom stereocenters. The molecule has 0 bridgehead atoms. The van der Waals surface area contributed by atoms with Crippen LogP contribution in [0.15, 0.2) is 6.07 Å². The molecule has 2 aliphatic rings. The summed E-state index contributed by atoms with van der Waals surface area (Å²) in [5.74, 6) is 0.210. The first-order valence-corrected chi connectivity index (χ1v) is 8.03. The van der Waals surface area contributed by atoms with Gasteiger partial charge in [0.15, 0.2) is 0 Å².